The maximum atomic E-state index is 8.02. The Bertz CT molecular complexity index is 490. The molecule has 0 spiro atoms. The van der Waals surface area contributed by atoms with Crippen LogP contribution < -0.4 is 5.73 Å². The molecular formula is C7H5ClN2O3S2. The number of anilines is 1. The summed E-state index contributed by atoms with van der Waals surface area (Å²) < 4.78 is 5.18. The summed E-state index contributed by atoms with van der Waals surface area (Å²) in [7, 11) is 0. The molecule has 3 N–H and O–H groups in total. The van der Waals surface area contributed by atoms with Crippen LogP contribution in [-0.4, -0.2) is 10.2 Å². The minimum atomic E-state index is 0.475. The predicted molar refractivity (Wildman–Crippen MR) is 59.7 cm³/mol. The molecule has 0 unspecified atom stereocenters. The molecule has 0 amide bonds. The van der Waals surface area contributed by atoms with Gasteiger partial charge in [0.05, 0.1) is 32.2 Å². The number of hydrogen-bond donors (Lipinski definition) is 2. The number of rotatable bonds is 3. The lowest BCUT2D eigenvalue weighted by atomic mass is 10.3. The Morgan fingerprint density at radius 3 is 3.07 bits per heavy atom. The molecule has 1 aromatic carbocycles. The topological polar surface area (TPSA) is 77.6 Å². The first-order chi connectivity index (χ1) is 7.20. The van der Waals surface area contributed by atoms with E-state index >= 15 is 0 Å². The number of halogens is 1. The molecule has 15 heavy (non-hydrogen) atoms. The molecule has 0 atom stereocenters. The van der Waals surface area contributed by atoms with Crippen molar-refractivity contribution in [3.63, 3.8) is 0 Å². The van der Waals surface area contributed by atoms with Crippen molar-refractivity contribution in [1.82, 2.24) is 4.98 Å². The zero-order valence-corrected chi connectivity index (χ0v) is 9.53. The maximum absolute atomic E-state index is 8.02. The van der Waals surface area contributed by atoms with E-state index in [1.807, 2.05) is 0 Å². The number of thiazole rings is 1. The van der Waals surface area contributed by atoms with Crippen LogP contribution in [0.4, 0.5) is 5.13 Å². The second kappa shape index (κ2) is 4.52. The van der Waals surface area contributed by atoms with Gasteiger partial charge in [-0.15, -0.1) is 4.33 Å². The number of aromatic nitrogens is 1. The second-order valence-electron chi connectivity index (χ2n) is 2.53. The molecule has 0 aliphatic carbocycles. The first kappa shape index (κ1) is 10.9. The Kier molecular flexibility index (Phi) is 3.29. The normalized spacial score (nSPS) is 11.1. The molecule has 5 nitrogen and oxygen atoms in total. The minimum Gasteiger partial charge on any atom is -0.375 e. The van der Waals surface area contributed by atoms with Crippen molar-refractivity contribution < 1.29 is 14.6 Å². The number of benzene rings is 1. The zero-order chi connectivity index (χ0) is 10.8. The van der Waals surface area contributed by atoms with E-state index in [2.05, 4.69) is 14.4 Å². The van der Waals surface area contributed by atoms with E-state index in [-0.39, 0.29) is 0 Å². The fraction of sp³-hybridized carbons (Fsp3) is 0. The first-order valence-electron chi connectivity index (χ1n) is 3.71. The van der Waals surface area contributed by atoms with Crippen molar-refractivity contribution >= 4 is 50.3 Å². The van der Waals surface area contributed by atoms with Crippen LogP contribution in [0.5, 0.6) is 0 Å². The molecule has 8 heteroatoms. The number of nitrogens with two attached hydrogens (primary N) is 1. The summed E-state index contributed by atoms with van der Waals surface area (Å²) in [4.78, 5) is 4.68. The van der Waals surface area contributed by atoms with Crippen LogP contribution in [0.2, 0.25) is 5.02 Å². The Labute approximate surface area is 97.8 Å². The molecule has 0 saturated carbocycles. The lowest BCUT2D eigenvalue weighted by Gasteiger charge is -1.99. The SMILES string of the molecule is Nc1nc2cc(SOOO)c(Cl)cc2s1. The lowest BCUT2D eigenvalue weighted by molar-refractivity contribution is -0.432. The Morgan fingerprint density at radius 1 is 1.53 bits per heavy atom. The van der Waals surface area contributed by atoms with E-state index in [1.54, 1.807) is 12.1 Å². The van der Waals surface area contributed by atoms with E-state index in [9.17, 15) is 0 Å². The average molecular weight is 265 g/mol. The highest BCUT2D eigenvalue weighted by atomic mass is 35.5. The lowest BCUT2D eigenvalue weighted by Crippen LogP contribution is -1.81. The third-order valence-electron chi connectivity index (χ3n) is 1.61. The van der Waals surface area contributed by atoms with Crippen molar-refractivity contribution in [1.29, 1.82) is 0 Å². The fourth-order valence-electron chi connectivity index (χ4n) is 1.06. The van der Waals surface area contributed by atoms with Gasteiger partial charge in [0.25, 0.3) is 0 Å². The molecule has 80 valence electrons. The largest absolute Gasteiger partial charge is 0.375 e. The van der Waals surface area contributed by atoms with Gasteiger partial charge >= 0.3 is 0 Å². The number of nitrogen functional groups attached to an aromatic ring is 1. The quantitative estimate of drug-likeness (QED) is 0.504. The van der Waals surface area contributed by atoms with E-state index in [1.165, 1.54) is 11.3 Å². The van der Waals surface area contributed by atoms with Crippen molar-refractivity contribution in [3.05, 3.63) is 17.2 Å². The monoisotopic (exact) mass is 264 g/mol. The Hall–Kier alpha value is -0.570. The predicted octanol–water partition coefficient (Wildman–Crippen LogP) is 2.96. The number of fused-ring (bicyclic) bond motifs is 1. The molecular weight excluding hydrogens is 260 g/mol. The first-order valence-corrected chi connectivity index (χ1v) is 5.64. The van der Waals surface area contributed by atoms with Gasteiger partial charge in [-0.2, -0.15) is 0 Å². The highest BCUT2D eigenvalue weighted by Gasteiger charge is 2.08. The van der Waals surface area contributed by atoms with Crippen LogP contribution in [0.3, 0.4) is 0 Å². The molecule has 2 aromatic rings. The minimum absolute atomic E-state index is 0.475. The van der Waals surface area contributed by atoms with Crippen LogP contribution >= 0.6 is 35.0 Å². The summed E-state index contributed by atoms with van der Waals surface area (Å²) in [5, 5.41) is 12.5. The Morgan fingerprint density at radius 2 is 2.33 bits per heavy atom. The molecule has 0 aliphatic rings. The summed E-state index contributed by atoms with van der Waals surface area (Å²) in [6.45, 7) is 0. The zero-order valence-electron chi connectivity index (χ0n) is 7.14. The van der Waals surface area contributed by atoms with Crippen molar-refractivity contribution in [2.24, 2.45) is 0 Å². The van der Waals surface area contributed by atoms with Crippen molar-refractivity contribution in [3.8, 4) is 0 Å². The van der Waals surface area contributed by atoms with Crippen molar-refractivity contribution in [2.45, 2.75) is 4.90 Å². The molecule has 0 radical (unpaired) electrons. The smallest absolute Gasteiger partial charge is 0.181 e. The number of hydrogen-bond acceptors (Lipinski definition) is 7. The molecule has 1 aromatic heterocycles. The highest BCUT2D eigenvalue weighted by molar-refractivity contribution is 7.94. The highest BCUT2D eigenvalue weighted by Crippen LogP contribution is 2.34. The summed E-state index contributed by atoms with van der Waals surface area (Å²) in [6, 6.07) is 3.43. The summed E-state index contributed by atoms with van der Waals surface area (Å²) in [5.74, 6) is 0. The summed E-state index contributed by atoms with van der Waals surface area (Å²) >= 11 is 8.09. The van der Waals surface area contributed by atoms with Gasteiger partial charge in [0.1, 0.15) is 0 Å². The fourth-order valence-corrected chi connectivity index (χ4v) is 2.54. The molecule has 0 saturated heterocycles. The van der Waals surface area contributed by atoms with Gasteiger partial charge < -0.3 is 5.73 Å². The van der Waals surface area contributed by atoms with Crippen LogP contribution in [0, 0.1) is 0 Å². The van der Waals surface area contributed by atoms with Gasteiger partial charge in [-0.25, -0.2) is 10.2 Å². The van der Waals surface area contributed by atoms with Crippen LogP contribution in [0.1, 0.15) is 0 Å². The van der Waals surface area contributed by atoms with Gasteiger partial charge in [-0.05, 0) is 12.1 Å². The van der Waals surface area contributed by atoms with Gasteiger partial charge in [0.2, 0.25) is 0 Å². The molecule has 0 aliphatic heterocycles. The van der Waals surface area contributed by atoms with Crippen LogP contribution in [-0.2, 0) is 9.37 Å². The van der Waals surface area contributed by atoms with E-state index in [4.69, 9.17) is 22.6 Å². The maximum Gasteiger partial charge on any atom is 0.181 e. The van der Waals surface area contributed by atoms with E-state index < -0.39 is 0 Å². The average Bonchev–Trinajstić information content (AvgIpc) is 2.53. The standard InChI is InChI=1S/C7H5ClN2O3S2/c8-3-1-6-4(10-7(9)14-6)2-5(3)15-13-12-11/h1-2,11H,(H2,9,10). The van der Waals surface area contributed by atoms with Gasteiger partial charge in [-0.1, -0.05) is 28.0 Å². The third-order valence-corrected chi connectivity index (χ3v) is 3.53. The molecule has 0 bridgehead atoms. The van der Waals surface area contributed by atoms with Crippen LogP contribution in [0.25, 0.3) is 10.2 Å². The van der Waals surface area contributed by atoms with Crippen molar-refractivity contribution in [2.75, 3.05) is 5.73 Å². The molecule has 0 fully saturated rings. The van der Waals surface area contributed by atoms with Gasteiger partial charge in [-0.3, -0.25) is 0 Å². The third kappa shape index (κ3) is 2.33. The van der Waals surface area contributed by atoms with Gasteiger partial charge in [0.15, 0.2) is 5.13 Å². The molecule has 1 heterocycles. The summed E-state index contributed by atoms with van der Waals surface area (Å²) in [6.07, 6.45) is 0. The second-order valence-corrected chi connectivity index (χ2v) is 4.74. The van der Waals surface area contributed by atoms with E-state index in [0.29, 0.717) is 15.0 Å². The summed E-state index contributed by atoms with van der Waals surface area (Å²) in [5.41, 5.74) is 6.28. The van der Waals surface area contributed by atoms with E-state index in [0.717, 1.165) is 22.3 Å². The molecule has 2 rings (SSSR count). The van der Waals surface area contributed by atoms with Crippen LogP contribution in [0.15, 0.2) is 17.0 Å². The number of nitrogens with zero attached hydrogens (tertiary/aromatic N) is 1. The Balaban J connectivity index is 2.42. The van der Waals surface area contributed by atoms with Gasteiger partial charge in [0, 0.05) is 0 Å².